The van der Waals surface area contributed by atoms with Crippen molar-refractivity contribution in [3.63, 3.8) is 0 Å². The monoisotopic (exact) mass is 354 g/mol. The summed E-state index contributed by atoms with van der Waals surface area (Å²) in [6, 6.07) is 8.11. The van der Waals surface area contributed by atoms with Crippen LogP contribution in [-0.2, 0) is 16.0 Å². The van der Waals surface area contributed by atoms with E-state index in [0.29, 0.717) is 26.1 Å². The fourth-order valence-corrected chi connectivity index (χ4v) is 2.50. The van der Waals surface area contributed by atoms with Crippen LogP contribution in [0.2, 0.25) is 0 Å². The minimum absolute atomic E-state index is 0.0423. The predicted molar refractivity (Wildman–Crippen MR) is 83.0 cm³/mol. The van der Waals surface area contributed by atoms with Crippen LogP contribution < -0.4 is 5.32 Å². The lowest BCUT2D eigenvalue weighted by atomic mass is 10.1. The number of cyclic esters (lactones) is 1. The maximum absolute atomic E-state index is 11.9. The van der Waals surface area contributed by atoms with E-state index in [1.54, 1.807) is 4.90 Å². The van der Waals surface area contributed by atoms with Crippen LogP contribution in [0.25, 0.3) is 0 Å². The minimum atomic E-state index is -0.328. The molecule has 5 nitrogen and oxygen atoms in total. The lowest BCUT2D eigenvalue weighted by molar-refractivity contribution is -0.121. The Morgan fingerprint density at radius 3 is 2.76 bits per heavy atom. The van der Waals surface area contributed by atoms with Crippen molar-refractivity contribution in [3.05, 3.63) is 34.3 Å². The van der Waals surface area contributed by atoms with E-state index in [1.807, 2.05) is 31.2 Å². The van der Waals surface area contributed by atoms with E-state index in [2.05, 4.69) is 21.2 Å². The zero-order valence-corrected chi connectivity index (χ0v) is 13.6. The molecule has 2 rings (SSSR count). The van der Waals surface area contributed by atoms with Crippen molar-refractivity contribution in [1.29, 1.82) is 0 Å². The van der Waals surface area contributed by atoms with Gasteiger partial charge in [0.1, 0.15) is 6.61 Å². The Morgan fingerprint density at radius 2 is 2.14 bits per heavy atom. The molecule has 0 saturated carbocycles. The second-order valence-corrected chi connectivity index (χ2v) is 6.07. The Morgan fingerprint density at radius 1 is 1.43 bits per heavy atom. The third-order valence-electron chi connectivity index (χ3n) is 3.32. The number of halogens is 1. The van der Waals surface area contributed by atoms with Crippen molar-refractivity contribution in [3.8, 4) is 0 Å². The van der Waals surface area contributed by atoms with Crippen LogP contribution in [0.15, 0.2) is 28.7 Å². The number of amides is 2. The van der Waals surface area contributed by atoms with Gasteiger partial charge in [-0.15, -0.1) is 0 Å². The topological polar surface area (TPSA) is 58.6 Å². The number of hydrogen-bond acceptors (Lipinski definition) is 3. The Balaban J connectivity index is 1.71. The van der Waals surface area contributed by atoms with Crippen molar-refractivity contribution in [2.45, 2.75) is 25.8 Å². The number of nitrogens with zero attached hydrogens (tertiary/aromatic N) is 1. The van der Waals surface area contributed by atoms with Crippen LogP contribution in [-0.4, -0.2) is 42.6 Å². The minimum Gasteiger partial charge on any atom is -0.448 e. The second-order valence-electron chi connectivity index (χ2n) is 5.15. The van der Waals surface area contributed by atoms with Crippen LogP contribution in [0.1, 0.15) is 18.9 Å². The molecule has 21 heavy (non-hydrogen) atoms. The van der Waals surface area contributed by atoms with E-state index < -0.39 is 0 Å². The molecule has 1 aliphatic heterocycles. The smallest absolute Gasteiger partial charge is 0.409 e. The normalized spacial score (nSPS) is 15.7. The Kier molecular flexibility index (Phi) is 5.61. The van der Waals surface area contributed by atoms with Crippen LogP contribution >= 0.6 is 15.9 Å². The van der Waals surface area contributed by atoms with Gasteiger partial charge in [-0.2, -0.15) is 0 Å². The SMILES string of the molecule is CC(Cc1ccc(Br)cc1)NC(=O)CCN1CCOC1=O. The first-order chi connectivity index (χ1) is 10.0. The number of hydrogen-bond donors (Lipinski definition) is 1. The molecule has 0 spiro atoms. The van der Waals surface area contributed by atoms with Crippen molar-refractivity contribution in [2.75, 3.05) is 19.7 Å². The van der Waals surface area contributed by atoms with Crippen molar-refractivity contribution < 1.29 is 14.3 Å². The summed E-state index contributed by atoms with van der Waals surface area (Å²) in [5.74, 6) is -0.0423. The van der Waals surface area contributed by atoms with Crippen LogP contribution in [0.5, 0.6) is 0 Å². The van der Waals surface area contributed by atoms with Gasteiger partial charge in [0, 0.05) is 23.5 Å². The molecule has 6 heteroatoms. The van der Waals surface area contributed by atoms with Crippen LogP contribution in [0.4, 0.5) is 4.79 Å². The number of carbonyl (C=O) groups excluding carboxylic acids is 2. The predicted octanol–water partition coefficient (Wildman–Crippen LogP) is 2.34. The number of ether oxygens (including phenoxy) is 1. The zero-order chi connectivity index (χ0) is 15.2. The quantitative estimate of drug-likeness (QED) is 0.852. The van der Waals surface area contributed by atoms with Crippen molar-refractivity contribution >= 4 is 27.9 Å². The first-order valence-corrected chi connectivity index (χ1v) is 7.79. The van der Waals surface area contributed by atoms with Gasteiger partial charge in [-0.05, 0) is 31.0 Å². The Bertz CT molecular complexity index is 504. The zero-order valence-electron chi connectivity index (χ0n) is 12.0. The lowest BCUT2D eigenvalue weighted by Gasteiger charge is -2.16. The summed E-state index contributed by atoms with van der Waals surface area (Å²) in [4.78, 5) is 24.7. The van der Waals surface area contributed by atoms with Crippen molar-refractivity contribution in [1.82, 2.24) is 10.2 Å². The molecule has 1 N–H and O–H groups in total. The summed E-state index contributed by atoms with van der Waals surface area (Å²) >= 11 is 3.40. The van der Waals surface area contributed by atoms with Gasteiger partial charge in [0.25, 0.3) is 0 Å². The average molecular weight is 355 g/mol. The first kappa shape index (κ1) is 15.8. The van der Waals surface area contributed by atoms with E-state index in [9.17, 15) is 9.59 Å². The van der Waals surface area contributed by atoms with E-state index in [-0.39, 0.29) is 18.0 Å². The lowest BCUT2D eigenvalue weighted by Crippen LogP contribution is -2.36. The summed E-state index contributed by atoms with van der Waals surface area (Å²) in [6.45, 7) is 3.38. The van der Waals surface area contributed by atoms with Crippen LogP contribution in [0.3, 0.4) is 0 Å². The van der Waals surface area contributed by atoms with Gasteiger partial charge in [0.2, 0.25) is 5.91 Å². The third-order valence-corrected chi connectivity index (χ3v) is 3.84. The van der Waals surface area contributed by atoms with Gasteiger partial charge in [-0.1, -0.05) is 28.1 Å². The van der Waals surface area contributed by atoms with Crippen LogP contribution in [0, 0.1) is 0 Å². The highest BCUT2D eigenvalue weighted by Gasteiger charge is 2.22. The Hall–Kier alpha value is -1.56. The van der Waals surface area contributed by atoms with Gasteiger partial charge in [-0.25, -0.2) is 4.79 Å². The van der Waals surface area contributed by atoms with E-state index in [4.69, 9.17) is 4.74 Å². The first-order valence-electron chi connectivity index (χ1n) is 7.00. The van der Waals surface area contributed by atoms with Crippen molar-refractivity contribution in [2.24, 2.45) is 0 Å². The molecular weight excluding hydrogens is 336 g/mol. The van der Waals surface area contributed by atoms with E-state index in [0.717, 1.165) is 10.9 Å². The number of rotatable bonds is 6. The molecule has 1 saturated heterocycles. The Labute approximate surface area is 132 Å². The molecule has 1 fully saturated rings. The van der Waals surface area contributed by atoms with Gasteiger partial charge >= 0.3 is 6.09 Å². The highest BCUT2D eigenvalue weighted by Crippen LogP contribution is 2.12. The maximum Gasteiger partial charge on any atom is 0.409 e. The van der Waals surface area contributed by atoms with E-state index >= 15 is 0 Å². The molecule has 0 bridgehead atoms. The molecule has 1 heterocycles. The maximum atomic E-state index is 11.9. The molecular formula is C15H19BrN2O3. The summed E-state index contributed by atoms with van der Waals surface area (Å²) in [5.41, 5.74) is 1.18. The molecule has 0 radical (unpaired) electrons. The summed E-state index contributed by atoms with van der Waals surface area (Å²) in [7, 11) is 0. The highest BCUT2D eigenvalue weighted by atomic mass is 79.9. The second kappa shape index (κ2) is 7.45. The van der Waals surface area contributed by atoms with Gasteiger partial charge in [0.05, 0.1) is 6.54 Å². The molecule has 114 valence electrons. The van der Waals surface area contributed by atoms with Gasteiger partial charge < -0.3 is 15.0 Å². The fourth-order valence-electron chi connectivity index (χ4n) is 2.24. The number of carbonyl (C=O) groups is 2. The van der Waals surface area contributed by atoms with Gasteiger partial charge in [-0.3, -0.25) is 4.79 Å². The van der Waals surface area contributed by atoms with Gasteiger partial charge in [0.15, 0.2) is 0 Å². The number of benzene rings is 1. The molecule has 0 aromatic heterocycles. The number of nitrogens with one attached hydrogen (secondary N) is 1. The molecule has 1 aliphatic rings. The molecule has 1 atom stereocenters. The molecule has 1 aromatic carbocycles. The fraction of sp³-hybridized carbons (Fsp3) is 0.467. The highest BCUT2D eigenvalue weighted by molar-refractivity contribution is 9.10. The van der Waals surface area contributed by atoms with E-state index in [1.165, 1.54) is 5.56 Å². The summed E-state index contributed by atoms with van der Waals surface area (Å²) in [5, 5.41) is 2.95. The molecule has 1 aromatic rings. The molecule has 1 unspecified atom stereocenters. The molecule has 0 aliphatic carbocycles. The summed E-state index contributed by atoms with van der Waals surface area (Å²) in [6.07, 6.45) is 0.760. The largest absolute Gasteiger partial charge is 0.448 e. The summed E-state index contributed by atoms with van der Waals surface area (Å²) < 4.78 is 5.86. The standard InChI is InChI=1S/C15H19BrN2O3/c1-11(10-12-2-4-13(16)5-3-12)17-14(19)6-7-18-8-9-21-15(18)20/h2-5,11H,6-10H2,1H3,(H,17,19). The average Bonchev–Trinajstić information content (AvgIpc) is 2.84. The third kappa shape index (κ3) is 5.04. The molecule has 2 amide bonds.